The highest BCUT2D eigenvalue weighted by Crippen LogP contribution is 2.40. The minimum atomic E-state index is -4.80. The number of hydrazine groups is 2. The number of nitrogens with zero attached hydrogens (tertiary/aromatic N) is 2. The number of halogens is 6. The zero-order valence-corrected chi connectivity index (χ0v) is 43.1. The molecule has 73 heavy (non-hydrogen) atoms. The number of alkyl halides is 6. The molecule has 0 spiro atoms. The highest BCUT2D eigenvalue weighted by atomic mass is 32.2. The number of sulfone groups is 2. The first-order valence-corrected chi connectivity index (χ1v) is 28.0. The monoisotopic (exact) mass is 1080 g/mol. The Morgan fingerprint density at radius 2 is 0.945 bits per heavy atom. The van der Waals surface area contributed by atoms with Gasteiger partial charge in [0.25, 0.3) is 23.6 Å². The summed E-state index contributed by atoms with van der Waals surface area (Å²) in [6, 6.07) is 12.9. The van der Waals surface area contributed by atoms with Gasteiger partial charge in [-0.3, -0.25) is 40.9 Å². The Labute approximate surface area is 418 Å². The molecule has 0 fully saturated rings. The number of anilines is 2. The minimum Gasteiger partial charge on any atom is -0.412 e. The molecule has 4 atom stereocenters. The lowest BCUT2D eigenvalue weighted by Crippen LogP contribution is -2.55. The summed E-state index contributed by atoms with van der Waals surface area (Å²) in [5.41, 5.74) is 4.87. The molecule has 4 aromatic carbocycles. The summed E-state index contributed by atoms with van der Waals surface area (Å²) >= 11 is 0. The van der Waals surface area contributed by atoms with Crippen LogP contribution in [0.5, 0.6) is 0 Å². The lowest BCUT2D eigenvalue weighted by molar-refractivity contribution is -0.137. The van der Waals surface area contributed by atoms with E-state index in [1.807, 2.05) is 39.3 Å². The quantitative estimate of drug-likeness (QED) is 0.0279. The molecular formula is C46H52F6N8O10S2Si. The molecule has 0 saturated carbocycles. The van der Waals surface area contributed by atoms with Gasteiger partial charge in [-0.15, -0.1) is 0 Å². The molecule has 0 aliphatic rings. The van der Waals surface area contributed by atoms with Gasteiger partial charge in [-0.25, -0.2) is 26.5 Å². The van der Waals surface area contributed by atoms with Crippen molar-refractivity contribution >= 4 is 74.4 Å². The van der Waals surface area contributed by atoms with E-state index in [9.17, 15) is 67.5 Å². The van der Waals surface area contributed by atoms with Crippen molar-refractivity contribution in [3.8, 4) is 0 Å². The number of rotatable bonds is 14. The van der Waals surface area contributed by atoms with Crippen molar-refractivity contribution in [1.29, 1.82) is 0 Å². The van der Waals surface area contributed by atoms with Crippen molar-refractivity contribution in [2.24, 2.45) is 0 Å². The zero-order valence-electron chi connectivity index (χ0n) is 40.5. The van der Waals surface area contributed by atoms with Crippen molar-refractivity contribution in [1.82, 2.24) is 21.7 Å². The van der Waals surface area contributed by atoms with Gasteiger partial charge in [0, 0.05) is 35.0 Å². The molecular weight excluding hydrogens is 1030 g/mol. The van der Waals surface area contributed by atoms with Crippen LogP contribution in [0.3, 0.4) is 0 Å². The molecule has 27 heteroatoms. The van der Waals surface area contributed by atoms with E-state index in [-0.39, 0.29) is 37.3 Å². The summed E-state index contributed by atoms with van der Waals surface area (Å²) in [5.74, 6) is -3.30. The molecule has 0 unspecified atom stereocenters. The van der Waals surface area contributed by atoms with Gasteiger partial charge in [0.15, 0.2) is 39.4 Å². The van der Waals surface area contributed by atoms with Crippen molar-refractivity contribution in [3.63, 3.8) is 0 Å². The molecule has 4 aromatic rings. The number of hydrogen-bond donors (Lipinski definition) is 7. The van der Waals surface area contributed by atoms with Crippen LogP contribution >= 0.6 is 0 Å². The smallest absolute Gasteiger partial charge is 0.407 e. The third kappa shape index (κ3) is 17.0. The van der Waals surface area contributed by atoms with Crippen LogP contribution in [0.2, 0.25) is 18.1 Å². The van der Waals surface area contributed by atoms with Gasteiger partial charge in [0.05, 0.1) is 46.3 Å². The van der Waals surface area contributed by atoms with Crippen LogP contribution in [0.1, 0.15) is 66.5 Å². The number of nitrogens with one attached hydrogen (secondary N) is 6. The number of aliphatic hydroxyl groups excluding tert-OH is 1. The Morgan fingerprint density at radius 1 is 0.603 bits per heavy atom. The molecule has 394 valence electrons. The highest BCUT2D eigenvalue weighted by Gasteiger charge is 2.42. The maximum Gasteiger partial charge on any atom is 0.407 e. The Morgan fingerprint density at radius 3 is 1.25 bits per heavy atom. The largest absolute Gasteiger partial charge is 0.412 e. The summed E-state index contributed by atoms with van der Waals surface area (Å²) in [6.07, 6.45) is -9.80. The Kier molecular flexibility index (Phi) is 19.5. The number of hydrogen-bond acceptors (Lipinski definition) is 12. The van der Waals surface area contributed by atoms with Crippen LogP contribution in [-0.2, 0) is 46.0 Å². The van der Waals surface area contributed by atoms with Crippen LogP contribution in [-0.4, -0.2) is 90.7 Å². The van der Waals surface area contributed by atoms with Gasteiger partial charge in [0.1, 0.15) is 12.1 Å². The predicted molar refractivity (Wildman–Crippen MR) is 260 cm³/mol. The molecule has 4 rings (SSSR count). The molecule has 4 amide bonds. The maximum absolute atomic E-state index is 13.5. The summed E-state index contributed by atoms with van der Waals surface area (Å²) in [6.45, 7) is 26.6. The fourth-order valence-electron chi connectivity index (χ4n) is 6.01. The van der Waals surface area contributed by atoms with Gasteiger partial charge in [0.2, 0.25) is 0 Å². The number of carbonyl (C=O) groups excluding carboxylic acids is 4. The Hall–Kier alpha value is -7.04. The Balaban J connectivity index is 0.000000392. The van der Waals surface area contributed by atoms with Crippen molar-refractivity contribution in [3.05, 3.63) is 130 Å². The third-order valence-corrected chi connectivity index (χ3v) is 17.8. The van der Waals surface area contributed by atoms with Gasteiger partial charge >= 0.3 is 12.4 Å². The third-order valence-electron chi connectivity index (χ3n) is 11.0. The van der Waals surface area contributed by atoms with Gasteiger partial charge in [-0.2, -0.15) is 26.3 Å². The summed E-state index contributed by atoms with van der Waals surface area (Å²) in [4.78, 5) is 56.2. The molecule has 7 N–H and O–H groups in total. The molecule has 0 aliphatic heterocycles. The van der Waals surface area contributed by atoms with E-state index >= 15 is 0 Å². The lowest BCUT2D eigenvalue weighted by atomic mass is 10.1. The van der Waals surface area contributed by atoms with E-state index in [1.54, 1.807) is 6.92 Å². The minimum absolute atomic E-state index is 0.0103. The molecule has 0 aliphatic carbocycles. The van der Waals surface area contributed by atoms with Crippen LogP contribution in [0.4, 0.5) is 49.1 Å². The SMILES string of the molecule is [C-]#[N+]c1ccc(N[C@@H](C(=O)NNC(=O)c2ccc(S(C)(=O)=O)cc2)[C@@H](C)O)cc1C(F)(F)F.[C-]#[N+]c1ccc(N[C@@H](C(=O)NNC(=O)c2ccc(S(C)(=O)=O)cc2)[C@@H](C)O[Si](C)(C)C(C)(C)C)cc1C(F)(F)F. The summed E-state index contributed by atoms with van der Waals surface area (Å²) in [7, 11) is -9.38. The lowest BCUT2D eigenvalue weighted by Gasteiger charge is -2.40. The second-order valence-electron chi connectivity index (χ2n) is 17.7. The van der Waals surface area contributed by atoms with E-state index in [0.717, 1.165) is 36.8 Å². The molecule has 0 saturated heterocycles. The molecule has 0 radical (unpaired) electrons. The maximum atomic E-state index is 13.5. The van der Waals surface area contributed by atoms with Crippen LogP contribution in [0, 0.1) is 13.1 Å². The molecule has 18 nitrogen and oxygen atoms in total. The van der Waals surface area contributed by atoms with E-state index in [2.05, 4.69) is 36.6 Å². The van der Waals surface area contributed by atoms with Crippen LogP contribution in [0.15, 0.2) is 94.7 Å². The average Bonchev–Trinajstić information content (AvgIpc) is 3.29. The first kappa shape index (κ1) is 60.3. The van der Waals surface area contributed by atoms with E-state index in [1.165, 1.54) is 61.5 Å². The summed E-state index contributed by atoms with van der Waals surface area (Å²) in [5, 5.41) is 14.9. The average molecular weight is 1080 g/mol. The van der Waals surface area contributed by atoms with Crippen molar-refractivity contribution in [2.75, 3.05) is 23.1 Å². The van der Waals surface area contributed by atoms with Gasteiger partial charge in [-0.05, 0) is 105 Å². The van der Waals surface area contributed by atoms with Crippen LogP contribution < -0.4 is 32.3 Å². The number of carbonyl (C=O) groups is 4. The van der Waals surface area contributed by atoms with Gasteiger partial charge < -0.3 is 20.2 Å². The van der Waals surface area contributed by atoms with Crippen molar-refractivity contribution < 1.29 is 71.9 Å². The predicted octanol–water partition coefficient (Wildman–Crippen LogP) is 7.59. The van der Waals surface area contributed by atoms with Crippen LogP contribution in [0.25, 0.3) is 9.69 Å². The molecule has 0 aromatic heterocycles. The topological polar surface area (TPSA) is 247 Å². The normalized spacial score (nSPS) is 13.7. The van der Waals surface area contributed by atoms with E-state index < -0.39 is 111 Å². The van der Waals surface area contributed by atoms with Crippen molar-refractivity contribution in [2.45, 2.75) is 99.2 Å². The second-order valence-corrected chi connectivity index (χ2v) is 26.5. The van der Waals surface area contributed by atoms with E-state index in [4.69, 9.17) is 17.6 Å². The number of amides is 4. The Bertz CT molecular complexity index is 2990. The second kappa shape index (κ2) is 23.7. The van der Waals surface area contributed by atoms with E-state index in [0.29, 0.717) is 6.07 Å². The number of aliphatic hydroxyl groups is 1. The first-order chi connectivity index (χ1) is 33.4. The number of benzene rings is 4. The first-order valence-electron chi connectivity index (χ1n) is 21.3. The highest BCUT2D eigenvalue weighted by molar-refractivity contribution is 7.91. The zero-order chi connectivity index (χ0) is 55.7. The fourth-order valence-corrected chi connectivity index (χ4v) is 8.69. The fraction of sp³-hybridized carbons (Fsp3) is 0.348. The van der Waals surface area contributed by atoms with Gasteiger partial charge in [-0.1, -0.05) is 32.9 Å². The standard InChI is InChI=1S/C26H33F3N4O5SSi.C20H19F3N4O5S/c1-16(38-40(7,8)25(2,3)4)22(31-18-11-14-21(30-5)20(15-18)26(27,28)29)24(35)33-32-23(34)17-9-12-19(13-10-17)39(6,36)37;1-11(28)17(25-13-6-9-16(24-2)15(10-13)20(21,22)23)19(30)27-26-18(29)12-4-7-14(8-5-12)33(3,31)32/h9-16,22,31H,1-4,6-8H3,(H,32,34)(H,33,35);4-11,17,25,28H,1,3H3,(H,26,29)(H,27,30)/t16-,22-;11-,17-/m11/s1. The summed E-state index contributed by atoms with van der Waals surface area (Å²) < 4.78 is 133. The molecule has 0 heterocycles. The molecule has 0 bridgehead atoms.